The maximum Gasteiger partial charge on any atom is 0.262 e. The summed E-state index contributed by atoms with van der Waals surface area (Å²) in [5.41, 5.74) is 0.777. The summed E-state index contributed by atoms with van der Waals surface area (Å²) in [5, 5.41) is 11.9. The molecule has 2 aromatic carbocycles. The molecule has 1 N–H and O–H groups in total. The predicted molar refractivity (Wildman–Crippen MR) is 83.3 cm³/mol. The molecule has 0 saturated carbocycles. The van der Waals surface area contributed by atoms with Gasteiger partial charge in [-0.05, 0) is 30.3 Å². The summed E-state index contributed by atoms with van der Waals surface area (Å²) in [6.45, 7) is -0.176. The van der Waals surface area contributed by atoms with Crippen molar-refractivity contribution < 1.29 is 14.3 Å². The average molecular weight is 317 g/mol. The van der Waals surface area contributed by atoms with Crippen molar-refractivity contribution in [3.8, 4) is 17.6 Å². The van der Waals surface area contributed by atoms with Gasteiger partial charge in [0.25, 0.3) is 5.91 Å². The summed E-state index contributed by atoms with van der Waals surface area (Å²) in [7, 11) is 1.53. The molecule has 2 rings (SSSR count). The standard InChI is InChI=1S/C16H13ClN2O3/c1-21-14-4-2-3-5-15(14)22-10-16(20)19-12-6-7-13(17)11(8-12)9-18/h2-8H,10H2,1H3,(H,19,20). The lowest BCUT2D eigenvalue weighted by Gasteiger charge is -2.10. The first-order valence-corrected chi connectivity index (χ1v) is 6.77. The molecule has 1 amide bonds. The number of amides is 1. The third-order valence-corrected chi connectivity index (χ3v) is 3.13. The summed E-state index contributed by atoms with van der Waals surface area (Å²) in [4.78, 5) is 11.9. The number of ether oxygens (including phenoxy) is 2. The minimum atomic E-state index is -0.350. The quantitative estimate of drug-likeness (QED) is 0.919. The number of para-hydroxylation sites is 2. The van der Waals surface area contributed by atoms with E-state index in [-0.39, 0.29) is 12.5 Å². The van der Waals surface area contributed by atoms with Crippen LogP contribution in [0.15, 0.2) is 42.5 Å². The van der Waals surface area contributed by atoms with Crippen LogP contribution < -0.4 is 14.8 Å². The molecule has 0 atom stereocenters. The molecule has 2 aromatic rings. The van der Waals surface area contributed by atoms with Gasteiger partial charge in [0.15, 0.2) is 18.1 Å². The zero-order chi connectivity index (χ0) is 15.9. The molecule has 0 heterocycles. The number of nitrogens with zero attached hydrogens (tertiary/aromatic N) is 1. The molecule has 0 aliphatic rings. The molecule has 0 aliphatic carbocycles. The van der Waals surface area contributed by atoms with Crippen LogP contribution in [-0.4, -0.2) is 19.6 Å². The van der Waals surface area contributed by atoms with E-state index >= 15 is 0 Å². The third-order valence-electron chi connectivity index (χ3n) is 2.80. The molecule has 0 unspecified atom stereocenters. The Hall–Kier alpha value is -2.71. The fraction of sp³-hybridized carbons (Fsp3) is 0.125. The van der Waals surface area contributed by atoms with Crippen LogP contribution in [0.5, 0.6) is 11.5 Å². The Balaban J connectivity index is 1.97. The van der Waals surface area contributed by atoms with E-state index in [0.717, 1.165) is 0 Å². The highest BCUT2D eigenvalue weighted by Gasteiger charge is 2.08. The van der Waals surface area contributed by atoms with Crippen molar-refractivity contribution in [2.45, 2.75) is 0 Å². The number of hydrogen-bond acceptors (Lipinski definition) is 4. The smallest absolute Gasteiger partial charge is 0.262 e. The number of halogens is 1. The Morgan fingerprint density at radius 2 is 2.00 bits per heavy atom. The fourth-order valence-electron chi connectivity index (χ4n) is 1.77. The van der Waals surface area contributed by atoms with Crippen molar-refractivity contribution in [2.24, 2.45) is 0 Å². The monoisotopic (exact) mass is 316 g/mol. The van der Waals surface area contributed by atoms with Crippen LogP contribution in [-0.2, 0) is 4.79 Å². The Morgan fingerprint density at radius 3 is 2.68 bits per heavy atom. The van der Waals surface area contributed by atoms with Gasteiger partial charge in [0, 0.05) is 5.69 Å². The van der Waals surface area contributed by atoms with Gasteiger partial charge in [-0.3, -0.25) is 4.79 Å². The topological polar surface area (TPSA) is 71.3 Å². The highest BCUT2D eigenvalue weighted by Crippen LogP contribution is 2.25. The first kappa shape index (κ1) is 15.7. The van der Waals surface area contributed by atoms with E-state index < -0.39 is 0 Å². The van der Waals surface area contributed by atoms with Gasteiger partial charge in [-0.25, -0.2) is 0 Å². The van der Waals surface area contributed by atoms with Crippen LogP contribution in [0.25, 0.3) is 0 Å². The molecule has 112 valence electrons. The molecule has 0 spiro atoms. The first-order valence-electron chi connectivity index (χ1n) is 6.39. The zero-order valence-corrected chi connectivity index (χ0v) is 12.6. The SMILES string of the molecule is COc1ccccc1OCC(=O)Nc1ccc(Cl)c(C#N)c1. The van der Waals surface area contributed by atoms with Gasteiger partial charge in [0.2, 0.25) is 0 Å². The Labute approximate surface area is 133 Å². The van der Waals surface area contributed by atoms with E-state index in [1.54, 1.807) is 30.3 Å². The van der Waals surface area contributed by atoms with E-state index in [1.807, 2.05) is 12.1 Å². The lowest BCUT2D eigenvalue weighted by molar-refractivity contribution is -0.118. The summed E-state index contributed by atoms with van der Waals surface area (Å²) in [6.07, 6.45) is 0. The van der Waals surface area contributed by atoms with Crippen molar-refractivity contribution in [2.75, 3.05) is 19.0 Å². The van der Waals surface area contributed by atoms with Gasteiger partial charge in [-0.2, -0.15) is 5.26 Å². The highest BCUT2D eigenvalue weighted by atomic mass is 35.5. The number of nitrogens with one attached hydrogen (secondary N) is 1. The van der Waals surface area contributed by atoms with E-state index in [1.165, 1.54) is 13.2 Å². The molecule has 0 radical (unpaired) electrons. The number of nitriles is 1. The summed E-state index contributed by atoms with van der Waals surface area (Å²) in [5.74, 6) is 0.680. The van der Waals surface area contributed by atoms with Gasteiger partial charge in [0.1, 0.15) is 6.07 Å². The number of benzene rings is 2. The fourth-order valence-corrected chi connectivity index (χ4v) is 1.93. The van der Waals surface area contributed by atoms with Crippen LogP contribution in [0.1, 0.15) is 5.56 Å². The van der Waals surface area contributed by atoms with Crippen molar-refractivity contribution >= 4 is 23.2 Å². The number of carbonyl (C=O) groups is 1. The highest BCUT2D eigenvalue weighted by molar-refractivity contribution is 6.31. The molecule has 22 heavy (non-hydrogen) atoms. The number of carbonyl (C=O) groups excluding carboxylic acids is 1. The Morgan fingerprint density at radius 1 is 1.27 bits per heavy atom. The number of rotatable bonds is 5. The second-order valence-corrected chi connectivity index (χ2v) is 4.70. The average Bonchev–Trinajstić information content (AvgIpc) is 2.55. The van der Waals surface area contributed by atoms with E-state index in [2.05, 4.69) is 5.32 Å². The first-order chi connectivity index (χ1) is 10.6. The van der Waals surface area contributed by atoms with Crippen molar-refractivity contribution in [1.82, 2.24) is 0 Å². The van der Waals surface area contributed by atoms with Gasteiger partial charge in [0.05, 0.1) is 17.7 Å². The van der Waals surface area contributed by atoms with Gasteiger partial charge in [-0.1, -0.05) is 23.7 Å². The summed E-state index contributed by atoms with van der Waals surface area (Å²) < 4.78 is 10.5. The predicted octanol–water partition coefficient (Wildman–Crippen LogP) is 3.24. The molecule has 6 heteroatoms. The maximum atomic E-state index is 11.9. The molecule has 0 saturated heterocycles. The number of hydrogen-bond donors (Lipinski definition) is 1. The molecule has 0 aromatic heterocycles. The van der Waals surface area contributed by atoms with E-state index in [0.29, 0.717) is 27.8 Å². The van der Waals surface area contributed by atoms with Crippen molar-refractivity contribution in [3.05, 3.63) is 53.1 Å². The largest absolute Gasteiger partial charge is 0.493 e. The van der Waals surface area contributed by atoms with Gasteiger partial charge in [-0.15, -0.1) is 0 Å². The minimum absolute atomic E-state index is 0.176. The number of anilines is 1. The van der Waals surface area contributed by atoms with Crippen LogP contribution >= 0.6 is 11.6 Å². The van der Waals surface area contributed by atoms with E-state index in [9.17, 15) is 4.79 Å². The molecule has 0 fully saturated rings. The minimum Gasteiger partial charge on any atom is -0.493 e. The van der Waals surface area contributed by atoms with Gasteiger partial charge >= 0.3 is 0 Å². The zero-order valence-electron chi connectivity index (χ0n) is 11.8. The summed E-state index contributed by atoms with van der Waals surface area (Å²) in [6, 6.07) is 13.7. The molecule has 5 nitrogen and oxygen atoms in total. The van der Waals surface area contributed by atoms with Crippen LogP contribution in [0, 0.1) is 11.3 Å². The second kappa shape index (κ2) is 7.34. The summed E-state index contributed by atoms with van der Waals surface area (Å²) >= 11 is 5.83. The normalized spacial score (nSPS) is 9.68. The van der Waals surface area contributed by atoms with Crippen molar-refractivity contribution in [1.29, 1.82) is 5.26 Å². The van der Waals surface area contributed by atoms with Crippen LogP contribution in [0.4, 0.5) is 5.69 Å². The van der Waals surface area contributed by atoms with E-state index in [4.69, 9.17) is 26.3 Å². The van der Waals surface area contributed by atoms with Crippen molar-refractivity contribution in [3.63, 3.8) is 0 Å². The molecular weight excluding hydrogens is 304 g/mol. The second-order valence-electron chi connectivity index (χ2n) is 4.29. The number of methoxy groups -OCH3 is 1. The van der Waals surface area contributed by atoms with Crippen LogP contribution in [0.3, 0.4) is 0 Å². The maximum absolute atomic E-state index is 11.9. The lowest BCUT2D eigenvalue weighted by atomic mass is 10.2. The third kappa shape index (κ3) is 3.90. The lowest BCUT2D eigenvalue weighted by Crippen LogP contribution is -2.20. The Kier molecular flexibility index (Phi) is 5.23. The Bertz CT molecular complexity index is 726. The molecule has 0 bridgehead atoms. The van der Waals surface area contributed by atoms with Gasteiger partial charge < -0.3 is 14.8 Å². The van der Waals surface area contributed by atoms with Crippen LogP contribution in [0.2, 0.25) is 5.02 Å². The molecule has 0 aliphatic heterocycles. The molecular formula is C16H13ClN2O3.